The quantitative estimate of drug-likeness (QED) is 0.598. The third kappa shape index (κ3) is 0.877. The third-order valence-electron chi connectivity index (χ3n) is 1.32. The standard InChI is InChI=1S/C6H7N2O2/c1-3-4(2)7-8-5(3)6(9)10/h2H2,1H3,(H,7,8)(H,9,10). The monoisotopic (exact) mass is 139 g/mol. The number of carboxylic acid groups (broad SMARTS) is 1. The molecule has 0 unspecified atom stereocenters. The molecule has 1 heterocycles. The van der Waals surface area contributed by atoms with Crippen molar-refractivity contribution in [2.24, 2.45) is 0 Å². The SMILES string of the molecule is [CH2]c1n[nH]c(C(=O)O)c1C. The summed E-state index contributed by atoms with van der Waals surface area (Å²) >= 11 is 0. The van der Waals surface area contributed by atoms with E-state index in [0.717, 1.165) is 0 Å². The summed E-state index contributed by atoms with van der Waals surface area (Å²) in [6.07, 6.45) is 0. The van der Waals surface area contributed by atoms with E-state index in [-0.39, 0.29) is 5.69 Å². The van der Waals surface area contributed by atoms with Gasteiger partial charge in [0, 0.05) is 5.56 Å². The van der Waals surface area contributed by atoms with E-state index in [1.807, 2.05) is 0 Å². The van der Waals surface area contributed by atoms with Gasteiger partial charge < -0.3 is 5.11 Å². The zero-order valence-corrected chi connectivity index (χ0v) is 5.51. The van der Waals surface area contributed by atoms with E-state index in [9.17, 15) is 4.79 Å². The number of hydrogen-bond acceptors (Lipinski definition) is 2. The molecule has 0 atom stereocenters. The lowest BCUT2D eigenvalue weighted by Crippen LogP contribution is -1.98. The van der Waals surface area contributed by atoms with Crippen LogP contribution in [0, 0.1) is 13.8 Å². The second kappa shape index (κ2) is 2.13. The Hall–Kier alpha value is -1.32. The van der Waals surface area contributed by atoms with Gasteiger partial charge in [0.25, 0.3) is 0 Å². The van der Waals surface area contributed by atoms with Gasteiger partial charge in [0.15, 0.2) is 0 Å². The number of carbonyl (C=O) groups is 1. The van der Waals surface area contributed by atoms with Gasteiger partial charge in [0.2, 0.25) is 0 Å². The molecular formula is C6H7N2O2. The zero-order chi connectivity index (χ0) is 7.72. The van der Waals surface area contributed by atoms with Crippen LogP contribution in [-0.2, 0) is 0 Å². The van der Waals surface area contributed by atoms with Gasteiger partial charge in [-0.25, -0.2) is 4.79 Å². The van der Waals surface area contributed by atoms with Crippen molar-refractivity contribution in [1.29, 1.82) is 0 Å². The second-order valence-corrected chi connectivity index (χ2v) is 1.98. The average Bonchev–Trinajstić information content (AvgIpc) is 2.14. The Kier molecular flexibility index (Phi) is 1.45. The summed E-state index contributed by atoms with van der Waals surface area (Å²) < 4.78 is 0. The van der Waals surface area contributed by atoms with Crippen LogP contribution in [-0.4, -0.2) is 21.3 Å². The third-order valence-corrected chi connectivity index (χ3v) is 1.32. The number of carboxylic acids is 1. The van der Waals surface area contributed by atoms with Crippen LogP contribution in [0.15, 0.2) is 0 Å². The first-order chi connectivity index (χ1) is 4.63. The molecule has 0 bridgehead atoms. The Morgan fingerprint density at radius 1 is 1.80 bits per heavy atom. The normalized spacial score (nSPS) is 9.80. The van der Waals surface area contributed by atoms with E-state index < -0.39 is 5.97 Å². The van der Waals surface area contributed by atoms with Crippen LogP contribution in [0.3, 0.4) is 0 Å². The van der Waals surface area contributed by atoms with Crippen LogP contribution in [0.5, 0.6) is 0 Å². The fourth-order valence-corrected chi connectivity index (χ4v) is 0.644. The molecule has 4 nitrogen and oxygen atoms in total. The van der Waals surface area contributed by atoms with E-state index in [1.165, 1.54) is 0 Å². The van der Waals surface area contributed by atoms with Gasteiger partial charge in [-0.3, -0.25) is 5.10 Å². The number of rotatable bonds is 1. The van der Waals surface area contributed by atoms with E-state index in [2.05, 4.69) is 17.1 Å². The maximum absolute atomic E-state index is 10.3. The van der Waals surface area contributed by atoms with Crippen LogP contribution < -0.4 is 0 Å². The van der Waals surface area contributed by atoms with Gasteiger partial charge in [-0.2, -0.15) is 5.10 Å². The molecule has 1 aromatic rings. The lowest BCUT2D eigenvalue weighted by molar-refractivity contribution is 0.0689. The molecule has 0 spiro atoms. The van der Waals surface area contributed by atoms with Crippen molar-refractivity contribution in [1.82, 2.24) is 10.2 Å². The minimum absolute atomic E-state index is 0.116. The van der Waals surface area contributed by atoms with Gasteiger partial charge in [-0.1, -0.05) is 0 Å². The zero-order valence-electron chi connectivity index (χ0n) is 5.51. The van der Waals surface area contributed by atoms with Crippen molar-refractivity contribution in [3.05, 3.63) is 23.9 Å². The molecule has 4 heteroatoms. The molecule has 1 radical (unpaired) electrons. The van der Waals surface area contributed by atoms with Crippen molar-refractivity contribution < 1.29 is 9.90 Å². The number of aromatic amines is 1. The summed E-state index contributed by atoms with van der Waals surface area (Å²) in [5, 5.41) is 14.5. The highest BCUT2D eigenvalue weighted by atomic mass is 16.4. The average molecular weight is 139 g/mol. The molecule has 0 saturated carbocycles. The van der Waals surface area contributed by atoms with Gasteiger partial charge in [0.1, 0.15) is 5.69 Å². The van der Waals surface area contributed by atoms with Gasteiger partial charge >= 0.3 is 5.97 Å². The van der Waals surface area contributed by atoms with Crippen LogP contribution in [0.25, 0.3) is 0 Å². The second-order valence-electron chi connectivity index (χ2n) is 1.98. The lowest BCUT2D eigenvalue weighted by atomic mass is 10.2. The highest BCUT2D eigenvalue weighted by Gasteiger charge is 2.10. The number of aromatic carboxylic acids is 1. The predicted molar refractivity (Wildman–Crippen MR) is 34.7 cm³/mol. The van der Waals surface area contributed by atoms with Gasteiger partial charge in [0.05, 0.1) is 5.69 Å². The molecule has 53 valence electrons. The molecule has 2 N–H and O–H groups in total. The number of aromatic nitrogens is 2. The molecule has 0 aliphatic carbocycles. The first-order valence-electron chi connectivity index (χ1n) is 2.73. The minimum atomic E-state index is -1.00. The topological polar surface area (TPSA) is 66.0 Å². The summed E-state index contributed by atoms with van der Waals surface area (Å²) in [6, 6.07) is 0. The summed E-state index contributed by atoms with van der Waals surface area (Å²) in [5.41, 5.74) is 1.19. The lowest BCUT2D eigenvalue weighted by Gasteiger charge is -1.87. The van der Waals surface area contributed by atoms with E-state index >= 15 is 0 Å². The summed E-state index contributed by atoms with van der Waals surface area (Å²) in [6.45, 7) is 5.18. The Balaban J connectivity index is 3.17. The van der Waals surface area contributed by atoms with Crippen LogP contribution in [0.2, 0.25) is 0 Å². The van der Waals surface area contributed by atoms with Crippen LogP contribution in [0.4, 0.5) is 0 Å². The molecule has 0 aliphatic heterocycles. The largest absolute Gasteiger partial charge is 0.477 e. The Morgan fingerprint density at radius 3 is 2.60 bits per heavy atom. The minimum Gasteiger partial charge on any atom is -0.477 e. The molecule has 0 fully saturated rings. The van der Waals surface area contributed by atoms with Crippen molar-refractivity contribution in [2.45, 2.75) is 6.92 Å². The molecule has 0 aromatic carbocycles. The number of nitrogens with one attached hydrogen (secondary N) is 1. The van der Waals surface area contributed by atoms with Gasteiger partial charge in [-0.15, -0.1) is 0 Å². The highest BCUT2D eigenvalue weighted by Crippen LogP contribution is 2.06. The predicted octanol–water partition coefficient (Wildman–Crippen LogP) is 0.599. The molecule has 0 aliphatic rings. The molecule has 1 rings (SSSR count). The van der Waals surface area contributed by atoms with Gasteiger partial charge in [-0.05, 0) is 13.8 Å². The maximum Gasteiger partial charge on any atom is 0.354 e. The Morgan fingerprint density at radius 2 is 2.40 bits per heavy atom. The van der Waals surface area contributed by atoms with Crippen molar-refractivity contribution in [3.63, 3.8) is 0 Å². The van der Waals surface area contributed by atoms with Crippen LogP contribution >= 0.6 is 0 Å². The fourth-order valence-electron chi connectivity index (χ4n) is 0.644. The van der Waals surface area contributed by atoms with E-state index in [0.29, 0.717) is 11.3 Å². The molecule has 1 aromatic heterocycles. The van der Waals surface area contributed by atoms with E-state index in [4.69, 9.17) is 5.11 Å². The van der Waals surface area contributed by atoms with Crippen molar-refractivity contribution in [2.75, 3.05) is 0 Å². The van der Waals surface area contributed by atoms with E-state index in [1.54, 1.807) is 6.92 Å². The molecule has 10 heavy (non-hydrogen) atoms. The van der Waals surface area contributed by atoms with Crippen molar-refractivity contribution in [3.8, 4) is 0 Å². The number of H-pyrrole nitrogens is 1. The Bertz CT molecular complexity index is 265. The highest BCUT2D eigenvalue weighted by molar-refractivity contribution is 5.87. The smallest absolute Gasteiger partial charge is 0.354 e. The summed E-state index contributed by atoms with van der Waals surface area (Å²) in [5.74, 6) is -1.00. The molecule has 0 saturated heterocycles. The Labute approximate surface area is 57.9 Å². The summed E-state index contributed by atoms with van der Waals surface area (Å²) in [4.78, 5) is 10.3. The van der Waals surface area contributed by atoms with Crippen LogP contribution in [0.1, 0.15) is 21.7 Å². The fraction of sp³-hybridized carbons (Fsp3) is 0.167. The van der Waals surface area contributed by atoms with Crippen molar-refractivity contribution >= 4 is 5.97 Å². The first kappa shape index (κ1) is 6.80. The first-order valence-corrected chi connectivity index (χ1v) is 2.73. The summed E-state index contributed by atoms with van der Waals surface area (Å²) in [7, 11) is 0. The number of hydrogen-bond donors (Lipinski definition) is 2. The maximum atomic E-state index is 10.3. The number of nitrogens with zero attached hydrogens (tertiary/aromatic N) is 1. The molecular weight excluding hydrogens is 132 g/mol. The molecule has 0 amide bonds.